The van der Waals surface area contributed by atoms with E-state index >= 15 is 0 Å². The van der Waals surface area contributed by atoms with Gasteiger partial charge in [-0.05, 0) is 43.4 Å². The molecule has 35 heavy (non-hydrogen) atoms. The van der Waals surface area contributed by atoms with E-state index in [1.807, 2.05) is 27.0 Å². The summed E-state index contributed by atoms with van der Waals surface area (Å²) in [7, 11) is 3.03. The highest BCUT2D eigenvalue weighted by atomic mass is 32.2. The molecule has 1 atom stereocenters. The molecule has 0 aliphatic heterocycles. The van der Waals surface area contributed by atoms with E-state index in [1.54, 1.807) is 12.1 Å². The number of carbonyl (C=O) groups is 3. The third-order valence-corrected chi connectivity index (χ3v) is 5.84. The van der Waals surface area contributed by atoms with E-state index in [2.05, 4.69) is 10.3 Å². The number of halogens is 1. The van der Waals surface area contributed by atoms with Crippen molar-refractivity contribution in [1.82, 2.24) is 9.88 Å². The molecule has 2 rings (SSSR count). The van der Waals surface area contributed by atoms with Crippen LogP contribution in [-0.2, 0) is 4.79 Å². The lowest BCUT2D eigenvalue weighted by molar-refractivity contribution is -0.116. The first-order chi connectivity index (χ1) is 16.7. The maximum atomic E-state index is 14.9. The number of nitrogens with zero attached hydrogens (tertiary/aromatic N) is 2. The van der Waals surface area contributed by atoms with Crippen LogP contribution >= 0.6 is 11.8 Å². The molecular weight excluding hydrogens is 473 g/mol. The largest absolute Gasteiger partial charge is 0.491 e. The first-order valence-corrected chi connectivity index (χ1v) is 12.6. The predicted molar refractivity (Wildman–Crippen MR) is 135 cm³/mol. The second-order valence-electron chi connectivity index (χ2n) is 8.21. The van der Waals surface area contributed by atoms with Crippen LogP contribution in [0.5, 0.6) is 11.6 Å². The number of rotatable bonds is 12. The number of anilines is 1. The number of ether oxygens (including phenoxy) is 2. The summed E-state index contributed by atoms with van der Waals surface area (Å²) in [5.74, 6) is -0.608. The van der Waals surface area contributed by atoms with E-state index in [9.17, 15) is 18.8 Å². The molecule has 0 radical (unpaired) electrons. The zero-order valence-electron chi connectivity index (χ0n) is 20.9. The van der Waals surface area contributed by atoms with Crippen LogP contribution in [0.4, 0.5) is 10.1 Å². The summed E-state index contributed by atoms with van der Waals surface area (Å²) in [6.45, 7) is 5.95. The van der Waals surface area contributed by atoms with Crippen molar-refractivity contribution < 1.29 is 28.2 Å². The van der Waals surface area contributed by atoms with E-state index in [1.165, 1.54) is 36.9 Å². The van der Waals surface area contributed by atoms with Crippen LogP contribution in [0.1, 0.15) is 59.6 Å². The lowest BCUT2D eigenvalue weighted by atomic mass is 10.0. The van der Waals surface area contributed by atoms with Crippen LogP contribution in [0, 0.1) is 11.7 Å². The van der Waals surface area contributed by atoms with Crippen molar-refractivity contribution in [2.45, 2.75) is 33.2 Å². The van der Waals surface area contributed by atoms with Gasteiger partial charge < -0.3 is 19.7 Å². The van der Waals surface area contributed by atoms with E-state index in [4.69, 9.17) is 9.47 Å². The molecule has 2 amide bonds. The Balaban J connectivity index is 2.48. The van der Waals surface area contributed by atoms with Crippen molar-refractivity contribution in [3.63, 3.8) is 0 Å². The number of carbonyl (C=O) groups excluding carboxylic acids is 3. The molecule has 0 fully saturated rings. The summed E-state index contributed by atoms with van der Waals surface area (Å²) in [6, 6.07) is 5.21. The van der Waals surface area contributed by atoms with Gasteiger partial charge >= 0.3 is 0 Å². The van der Waals surface area contributed by atoms with Gasteiger partial charge in [-0.25, -0.2) is 9.37 Å². The Kier molecular flexibility index (Phi) is 10.5. The number of benzene rings is 1. The number of methoxy groups -OCH3 is 1. The van der Waals surface area contributed by atoms with Gasteiger partial charge in [0.05, 0.1) is 42.3 Å². The number of nitrogens with one attached hydrogen (secondary N) is 1. The Hall–Kier alpha value is -3.14. The Labute approximate surface area is 209 Å². The van der Waals surface area contributed by atoms with Crippen molar-refractivity contribution in [3.8, 4) is 11.6 Å². The summed E-state index contributed by atoms with van der Waals surface area (Å²) in [4.78, 5) is 43.6. The second-order valence-corrected chi connectivity index (χ2v) is 9.12. The molecule has 10 heteroatoms. The maximum Gasteiger partial charge on any atom is 0.257 e. The minimum Gasteiger partial charge on any atom is -0.491 e. The van der Waals surface area contributed by atoms with Crippen molar-refractivity contribution in [2.24, 2.45) is 5.92 Å². The van der Waals surface area contributed by atoms with Crippen LogP contribution in [0.3, 0.4) is 0 Å². The molecule has 0 spiro atoms. The van der Waals surface area contributed by atoms with E-state index in [0.29, 0.717) is 30.1 Å². The summed E-state index contributed by atoms with van der Waals surface area (Å²) < 4.78 is 25.8. The van der Waals surface area contributed by atoms with Gasteiger partial charge in [0.2, 0.25) is 5.91 Å². The number of hydrogen-bond donors (Lipinski definition) is 1. The molecule has 1 unspecified atom stereocenters. The molecule has 0 bridgehead atoms. The molecule has 0 saturated carbocycles. The molecule has 8 nitrogen and oxygen atoms in total. The third kappa shape index (κ3) is 6.94. The van der Waals surface area contributed by atoms with Gasteiger partial charge in [-0.2, -0.15) is 11.8 Å². The number of aromatic nitrogens is 1. The normalized spacial score (nSPS) is 11.7. The fourth-order valence-electron chi connectivity index (χ4n) is 3.51. The Bertz CT molecular complexity index is 1060. The Morgan fingerprint density at radius 3 is 2.54 bits per heavy atom. The van der Waals surface area contributed by atoms with Crippen LogP contribution in [0.2, 0.25) is 0 Å². The van der Waals surface area contributed by atoms with Gasteiger partial charge in [0.1, 0.15) is 5.82 Å². The monoisotopic (exact) mass is 505 g/mol. The predicted octanol–water partition coefficient (Wildman–Crippen LogP) is 4.60. The Morgan fingerprint density at radius 2 is 1.97 bits per heavy atom. The van der Waals surface area contributed by atoms with Crippen molar-refractivity contribution in [1.29, 1.82) is 0 Å². The van der Waals surface area contributed by atoms with Gasteiger partial charge in [0.25, 0.3) is 11.8 Å². The van der Waals surface area contributed by atoms with Gasteiger partial charge in [-0.3, -0.25) is 14.4 Å². The quantitative estimate of drug-likeness (QED) is 0.421. The van der Waals surface area contributed by atoms with Crippen LogP contribution in [0.25, 0.3) is 0 Å². The first kappa shape index (κ1) is 28.1. The molecule has 2 aromatic rings. The Morgan fingerprint density at radius 1 is 1.26 bits per heavy atom. The summed E-state index contributed by atoms with van der Waals surface area (Å²) in [5.41, 5.74) is -0.00521. The minimum atomic E-state index is -0.855. The molecule has 190 valence electrons. The van der Waals surface area contributed by atoms with Crippen LogP contribution in [0.15, 0.2) is 24.3 Å². The number of thioether (sulfide) groups is 1. The molecule has 1 aromatic heterocycles. The van der Waals surface area contributed by atoms with E-state index in [-0.39, 0.29) is 35.4 Å². The maximum absolute atomic E-state index is 14.9. The van der Waals surface area contributed by atoms with Crippen molar-refractivity contribution in [2.75, 3.05) is 38.1 Å². The average molecular weight is 506 g/mol. The molecule has 1 aromatic carbocycles. The fraction of sp³-hybridized carbons (Fsp3) is 0.440. The smallest absolute Gasteiger partial charge is 0.257 e. The fourth-order valence-corrected chi connectivity index (χ4v) is 4.22. The first-order valence-electron chi connectivity index (χ1n) is 11.2. The number of hydrogen-bond acceptors (Lipinski definition) is 7. The molecule has 1 heterocycles. The van der Waals surface area contributed by atoms with E-state index in [0.717, 1.165) is 6.07 Å². The summed E-state index contributed by atoms with van der Waals surface area (Å²) in [5, 5.41) is 2.62. The summed E-state index contributed by atoms with van der Waals surface area (Å²) in [6.07, 6.45) is 2.48. The van der Waals surface area contributed by atoms with Gasteiger partial charge in [0, 0.05) is 19.2 Å². The molecule has 1 N–H and O–H groups in total. The average Bonchev–Trinajstić information content (AvgIpc) is 2.82. The molecule has 0 aliphatic rings. The summed E-state index contributed by atoms with van der Waals surface area (Å²) >= 11 is 1.48. The third-order valence-electron chi connectivity index (χ3n) is 5.20. The SMILES string of the molecule is CCOc1nc(C(CSC)N(C)C(=O)c2c(F)ccc(NC(=O)CC(C)C)c2C=O)ccc1OC. The van der Waals surface area contributed by atoms with Gasteiger partial charge in [-0.1, -0.05) is 13.8 Å². The minimum absolute atomic E-state index is 0.0893. The zero-order chi connectivity index (χ0) is 26.1. The molecule has 0 saturated heterocycles. The van der Waals surface area contributed by atoms with Gasteiger partial charge in [0.15, 0.2) is 12.0 Å². The number of aldehydes is 1. The van der Waals surface area contributed by atoms with Crippen molar-refractivity contribution in [3.05, 3.63) is 46.9 Å². The standard InChI is InChI=1S/C25H32FN3O5S/c1-7-34-24-21(33-5)11-10-19(28-24)20(14-35-6)29(4)25(32)23-16(13-30)18(9-8-17(23)26)27-22(31)12-15(2)3/h8-11,13,15,20H,7,12,14H2,1-6H3,(H,27,31). The van der Waals surface area contributed by atoms with Crippen LogP contribution < -0.4 is 14.8 Å². The highest BCUT2D eigenvalue weighted by Gasteiger charge is 2.29. The number of pyridine rings is 1. The lowest BCUT2D eigenvalue weighted by Crippen LogP contribution is -2.34. The second kappa shape index (κ2) is 13.1. The lowest BCUT2D eigenvalue weighted by Gasteiger charge is -2.28. The number of amides is 2. The highest BCUT2D eigenvalue weighted by Crippen LogP contribution is 2.32. The molecule has 0 aliphatic carbocycles. The van der Waals surface area contributed by atoms with Gasteiger partial charge in [-0.15, -0.1) is 0 Å². The molecular formula is C25H32FN3O5S. The topological polar surface area (TPSA) is 97.8 Å². The van der Waals surface area contributed by atoms with E-state index < -0.39 is 23.3 Å². The zero-order valence-corrected chi connectivity index (χ0v) is 21.7. The highest BCUT2D eigenvalue weighted by molar-refractivity contribution is 7.98. The van der Waals surface area contributed by atoms with Crippen LogP contribution in [-0.4, -0.2) is 60.8 Å². The van der Waals surface area contributed by atoms with Crippen molar-refractivity contribution >= 4 is 35.5 Å².